The lowest BCUT2D eigenvalue weighted by Gasteiger charge is -1.96. The minimum absolute atomic E-state index is 0.0667. The molecular formula is C17H11ClN4O3S2. The summed E-state index contributed by atoms with van der Waals surface area (Å²) >= 11 is 8.33. The minimum Gasteiger partial charge on any atom is -0.492 e. The molecule has 10 heteroatoms. The van der Waals surface area contributed by atoms with Gasteiger partial charge in [0.15, 0.2) is 16.0 Å². The molecule has 1 amide bonds. The molecule has 1 aromatic carbocycles. The van der Waals surface area contributed by atoms with Gasteiger partial charge in [-0.05, 0) is 25.1 Å². The molecule has 0 fully saturated rings. The van der Waals surface area contributed by atoms with E-state index in [1.807, 2.05) is 0 Å². The van der Waals surface area contributed by atoms with Gasteiger partial charge in [0.2, 0.25) is 5.88 Å². The lowest BCUT2D eigenvalue weighted by atomic mass is 10.1. The summed E-state index contributed by atoms with van der Waals surface area (Å²) < 4.78 is 0. The maximum absolute atomic E-state index is 12.3. The predicted octanol–water partition coefficient (Wildman–Crippen LogP) is 2.57. The van der Waals surface area contributed by atoms with E-state index in [4.69, 9.17) is 11.6 Å². The number of aromatic hydroxyl groups is 1. The quantitative estimate of drug-likeness (QED) is 0.631. The number of fused-ring (bicyclic) bond motifs is 1. The van der Waals surface area contributed by atoms with E-state index in [0.29, 0.717) is 41.3 Å². The molecule has 1 aliphatic rings. The standard InChI is InChI=1S/C17H11ClN4O3S2/c1-6-12(7(2)23)26-16(19-6)22-17-21-15(25)13(27-17)11-9-5-8(18)3-4-10(9)20-14(11)24/h3-5,25H,1-2H3,(H,19,21,22). The lowest BCUT2D eigenvalue weighted by Crippen LogP contribution is -2.22. The molecule has 3 aromatic rings. The van der Waals surface area contributed by atoms with Crippen molar-refractivity contribution in [2.24, 2.45) is 4.99 Å². The highest BCUT2D eigenvalue weighted by Gasteiger charge is 2.25. The third-order valence-electron chi connectivity index (χ3n) is 3.83. The number of rotatable bonds is 4. The topological polar surface area (TPSA) is 105 Å². The van der Waals surface area contributed by atoms with Crippen LogP contribution in [0.2, 0.25) is 5.02 Å². The van der Waals surface area contributed by atoms with Crippen LogP contribution in [0.3, 0.4) is 0 Å². The summed E-state index contributed by atoms with van der Waals surface area (Å²) in [6, 6.07) is 4.94. The highest BCUT2D eigenvalue weighted by atomic mass is 35.5. The van der Waals surface area contributed by atoms with Crippen LogP contribution in [0.15, 0.2) is 23.2 Å². The number of hydrogen-bond acceptors (Lipinski definition) is 8. The summed E-state index contributed by atoms with van der Waals surface area (Å²) in [5.41, 5.74) is 0.883. The fourth-order valence-corrected chi connectivity index (χ4v) is 4.71. The molecule has 27 heavy (non-hydrogen) atoms. The average molecular weight is 419 g/mol. The fourth-order valence-electron chi connectivity index (χ4n) is 2.70. The Labute approximate surface area is 165 Å². The number of aryl methyl sites for hydroxylation is 1. The molecule has 2 N–H and O–H groups in total. The van der Waals surface area contributed by atoms with E-state index in [9.17, 15) is 14.7 Å². The Bertz CT molecular complexity index is 1250. The molecule has 7 nitrogen and oxygen atoms in total. The first-order chi connectivity index (χ1) is 12.8. The number of anilines is 2. The SMILES string of the molecule is CC(=O)c1sc(Nc2nc(O)c(C3=c4cc(Cl)ccc4=NC3=O)s2)nc1C. The fraction of sp³-hybridized carbons (Fsp3) is 0.118. The second-order valence-corrected chi connectivity index (χ2v) is 8.17. The van der Waals surface area contributed by atoms with Gasteiger partial charge in [0.25, 0.3) is 5.91 Å². The summed E-state index contributed by atoms with van der Waals surface area (Å²) in [5.74, 6) is -0.807. The highest BCUT2D eigenvalue weighted by Crippen LogP contribution is 2.36. The van der Waals surface area contributed by atoms with E-state index >= 15 is 0 Å². The highest BCUT2D eigenvalue weighted by molar-refractivity contribution is 7.19. The first kappa shape index (κ1) is 17.8. The molecule has 0 atom stereocenters. The van der Waals surface area contributed by atoms with Crippen molar-refractivity contribution in [3.8, 4) is 5.88 Å². The molecule has 0 bridgehead atoms. The molecule has 0 spiro atoms. The normalized spacial score (nSPS) is 12.9. The Kier molecular flexibility index (Phi) is 4.29. The summed E-state index contributed by atoms with van der Waals surface area (Å²) in [5, 5.41) is 15.6. The predicted molar refractivity (Wildman–Crippen MR) is 104 cm³/mol. The Morgan fingerprint density at radius 2 is 1.96 bits per heavy atom. The number of benzene rings is 1. The van der Waals surface area contributed by atoms with Crippen LogP contribution in [-0.4, -0.2) is 26.8 Å². The van der Waals surface area contributed by atoms with Crippen molar-refractivity contribution < 1.29 is 14.7 Å². The number of aromatic nitrogens is 2. The number of nitrogens with one attached hydrogen (secondary N) is 1. The Hall–Kier alpha value is -2.62. The molecule has 2 aromatic heterocycles. The number of nitrogens with zero attached hydrogens (tertiary/aromatic N) is 3. The molecular weight excluding hydrogens is 408 g/mol. The third kappa shape index (κ3) is 3.14. The first-order valence-corrected chi connectivity index (χ1v) is 9.73. The van der Waals surface area contributed by atoms with Crippen LogP contribution in [0.1, 0.15) is 27.2 Å². The summed E-state index contributed by atoms with van der Waals surface area (Å²) in [4.78, 5) is 37.1. The molecule has 1 aliphatic heterocycles. The zero-order chi connectivity index (χ0) is 19.3. The van der Waals surface area contributed by atoms with E-state index in [1.165, 1.54) is 18.3 Å². The van der Waals surface area contributed by atoms with Gasteiger partial charge in [-0.3, -0.25) is 9.59 Å². The number of halogens is 1. The van der Waals surface area contributed by atoms with E-state index in [1.54, 1.807) is 25.1 Å². The van der Waals surface area contributed by atoms with E-state index in [2.05, 4.69) is 20.3 Å². The summed E-state index contributed by atoms with van der Waals surface area (Å²) in [6.07, 6.45) is 0. The van der Waals surface area contributed by atoms with Crippen molar-refractivity contribution in [3.05, 3.63) is 49.2 Å². The Balaban J connectivity index is 1.76. The van der Waals surface area contributed by atoms with Crippen molar-refractivity contribution in [2.75, 3.05) is 5.32 Å². The molecule has 0 saturated heterocycles. The number of carbonyl (C=O) groups excluding carboxylic acids is 2. The number of thiazole rings is 2. The number of amides is 1. The van der Waals surface area contributed by atoms with E-state index in [0.717, 1.165) is 11.3 Å². The van der Waals surface area contributed by atoms with Crippen molar-refractivity contribution in [1.82, 2.24) is 9.97 Å². The third-order valence-corrected chi connectivity index (χ3v) is 6.22. The zero-order valence-electron chi connectivity index (χ0n) is 14.0. The summed E-state index contributed by atoms with van der Waals surface area (Å²) in [7, 11) is 0. The van der Waals surface area contributed by atoms with Crippen molar-refractivity contribution >= 4 is 61.8 Å². The number of hydrogen-bond donors (Lipinski definition) is 2. The molecule has 0 aliphatic carbocycles. The van der Waals surface area contributed by atoms with Gasteiger partial charge in [-0.15, -0.1) is 0 Å². The van der Waals surface area contributed by atoms with Gasteiger partial charge in [0, 0.05) is 17.2 Å². The number of Topliss-reactive ketones (excluding diaryl/α,β-unsaturated/α-hetero) is 1. The van der Waals surface area contributed by atoms with E-state index in [-0.39, 0.29) is 17.2 Å². The van der Waals surface area contributed by atoms with Crippen LogP contribution >= 0.6 is 34.3 Å². The average Bonchev–Trinajstić information content (AvgIpc) is 3.22. The van der Waals surface area contributed by atoms with Crippen LogP contribution in [0.5, 0.6) is 5.88 Å². The van der Waals surface area contributed by atoms with Crippen molar-refractivity contribution in [2.45, 2.75) is 13.8 Å². The van der Waals surface area contributed by atoms with Gasteiger partial charge in [-0.25, -0.2) is 9.98 Å². The lowest BCUT2D eigenvalue weighted by molar-refractivity contribution is -0.112. The van der Waals surface area contributed by atoms with Crippen LogP contribution in [0.25, 0.3) is 5.57 Å². The van der Waals surface area contributed by atoms with Gasteiger partial charge in [0.05, 0.1) is 21.5 Å². The molecule has 4 rings (SSSR count). The summed E-state index contributed by atoms with van der Waals surface area (Å²) in [6.45, 7) is 3.23. The van der Waals surface area contributed by atoms with Gasteiger partial charge in [-0.2, -0.15) is 4.98 Å². The Morgan fingerprint density at radius 1 is 1.22 bits per heavy atom. The number of ketones is 1. The molecule has 3 heterocycles. The smallest absolute Gasteiger partial charge is 0.279 e. The monoisotopic (exact) mass is 418 g/mol. The maximum Gasteiger partial charge on any atom is 0.279 e. The second-order valence-electron chi connectivity index (χ2n) is 5.74. The van der Waals surface area contributed by atoms with Crippen LogP contribution in [-0.2, 0) is 4.79 Å². The molecule has 0 radical (unpaired) electrons. The van der Waals surface area contributed by atoms with Crippen molar-refractivity contribution in [3.63, 3.8) is 0 Å². The zero-order valence-corrected chi connectivity index (χ0v) is 16.4. The maximum atomic E-state index is 12.3. The second kappa shape index (κ2) is 6.52. The van der Waals surface area contributed by atoms with Gasteiger partial charge in [0.1, 0.15) is 4.88 Å². The van der Waals surface area contributed by atoms with Crippen LogP contribution in [0, 0.1) is 6.92 Å². The van der Waals surface area contributed by atoms with Crippen LogP contribution < -0.4 is 15.9 Å². The van der Waals surface area contributed by atoms with Gasteiger partial charge < -0.3 is 10.4 Å². The van der Waals surface area contributed by atoms with Crippen molar-refractivity contribution in [1.29, 1.82) is 0 Å². The minimum atomic E-state index is -0.457. The van der Waals surface area contributed by atoms with Crippen LogP contribution in [0.4, 0.5) is 10.3 Å². The first-order valence-electron chi connectivity index (χ1n) is 7.72. The van der Waals surface area contributed by atoms with Gasteiger partial charge >= 0.3 is 0 Å². The van der Waals surface area contributed by atoms with E-state index < -0.39 is 5.91 Å². The molecule has 0 unspecified atom stereocenters. The Morgan fingerprint density at radius 3 is 2.67 bits per heavy atom. The molecule has 136 valence electrons. The van der Waals surface area contributed by atoms with Gasteiger partial charge in [-0.1, -0.05) is 34.3 Å². The largest absolute Gasteiger partial charge is 0.492 e. The number of carbonyl (C=O) groups is 2. The molecule has 0 saturated carbocycles.